The SMILES string of the molecule is CC(C)NC(CO)CCN1CCc2ccc(F)cc21. The molecule has 0 radical (unpaired) electrons. The first-order valence-electron chi connectivity index (χ1n) is 7.00. The van der Waals surface area contributed by atoms with E-state index in [2.05, 4.69) is 24.1 Å². The molecule has 0 amide bonds. The molecule has 0 spiro atoms. The van der Waals surface area contributed by atoms with Gasteiger partial charge in [-0.1, -0.05) is 19.9 Å². The number of hydrogen-bond acceptors (Lipinski definition) is 3. The Balaban J connectivity index is 1.93. The maximum Gasteiger partial charge on any atom is 0.125 e. The summed E-state index contributed by atoms with van der Waals surface area (Å²) in [4.78, 5) is 2.21. The van der Waals surface area contributed by atoms with E-state index in [1.54, 1.807) is 6.07 Å². The molecule has 106 valence electrons. The Morgan fingerprint density at radius 1 is 1.42 bits per heavy atom. The molecule has 1 aliphatic rings. The first-order valence-corrected chi connectivity index (χ1v) is 7.00. The van der Waals surface area contributed by atoms with Gasteiger partial charge in [0.15, 0.2) is 0 Å². The predicted octanol–water partition coefficient (Wildman–Crippen LogP) is 1.94. The second kappa shape index (κ2) is 6.35. The monoisotopic (exact) mass is 266 g/mol. The smallest absolute Gasteiger partial charge is 0.125 e. The van der Waals surface area contributed by atoms with E-state index in [1.165, 1.54) is 11.6 Å². The summed E-state index contributed by atoms with van der Waals surface area (Å²) in [6.07, 6.45) is 1.85. The van der Waals surface area contributed by atoms with Crippen LogP contribution in [0.15, 0.2) is 18.2 Å². The zero-order chi connectivity index (χ0) is 13.8. The number of hydrogen-bond donors (Lipinski definition) is 2. The molecule has 0 aliphatic carbocycles. The largest absolute Gasteiger partial charge is 0.395 e. The Hall–Kier alpha value is -1.13. The van der Waals surface area contributed by atoms with Gasteiger partial charge < -0.3 is 15.3 Å². The van der Waals surface area contributed by atoms with E-state index in [4.69, 9.17) is 0 Å². The van der Waals surface area contributed by atoms with Gasteiger partial charge in [0.05, 0.1) is 6.61 Å². The van der Waals surface area contributed by atoms with E-state index in [0.29, 0.717) is 6.04 Å². The van der Waals surface area contributed by atoms with Crippen molar-refractivity contribution in [2.24, 2.45) is 0 Å². The lowest BCUT2D eigenvalue weighted by molar-refractivity contribution is 0.229. The third-order valence-electron chi connectivity index (χ3n) is 3.58. The van der Waals surface area contributed by atoms with E-state index >= 15 is 0 Å². The van der Waals surface area contributed by atoms with Crippen LogP contribution in [0, 0.1) is 5.82 Å². The van der Waals surface area contributed by atoms with Crippen molar-refractivity contribution in [1.82, 2.24) is 5.32 Å². The standard InChI is InChI=1S/C15H23FN2O/c1-11(2)17-14(10-19)6-8-18-7-5-12-3-4-13(16)9-15(12)18/h3-4,9,11,14,17,19H,5-8,10H2,1-2H3. The van der Waals surface area contributed by atoms with Crippen LogP contribution in [0.4, 0.5) is 10.1 Å². The summed E-state index contributed by atoms with van der Waals surface area (Å²) in [5.41, 5.74) is 2.24. The molecule has 0 fully saturated rings. The molecule has 1 heterocycles. The van der Waals surface area contributed by atoms with Crippen molar-refractivity contribution in [2.45, 2.75) is 38.8 Å². The molecule has 0 aromatic heterocycles. The minimum Gasteiger partial charge on any atom is -0.395 e. The van der Waals surface area contributed by atoms with Crippen LogP contribution in [-0.2, 0) is 6.42 Å². The molecule has 1 atom stereocenters. The maximum absolute atomic E-state index is 13.3. The van der Waals surface area contributed by atoms with E-state index in [-0.39, 0.29) is 18.5 Å². The van der Waals surface area contributed by atoms with E-state index in [0.717, 1.165) is 31.6 Å². The summed E-state index contributed by atoms with van der Waals surface area (Å²) in [6.45, 7) is 6.08. The van der Waals surface area contributed by atoms with Gasteiger partial charge in [-0.05, 0) is 30.5 Å². The topological polar surface area (TPSA) is 35.5 Å². The third-order valence-corrected chi connectivity index (χ3v) is 3.58. The number of anilines is 1. The molecule has 1 unspecified atom stereocenters. The Kier molecular flexibility index (Phi) is 4.77. The van der Waals surface area contributed by atoms with E-state index in [1.807, 2.05) is 6.07 Å². The second-order valence-electron chi connectivity index (χ2n) is 5.50. The van der Waals surface area contributed by atoms with Crippen LogP contribution < -0.4 is 10.2 Å². The first-order chi connectivity index (χ1) is 9.10. The van der Waals surface area contributed by atoms with Crippen LogP contribution in [0.1, 0.15) is 25.8 Å². The van der Waals surface area contributed by atoms with Gasteiger partial charge in [0.25, 0.3) is 0 Å². The van der Waals surface area contributed by atoms with Crippen molar-refractivity contribution in [3.63, 3.8) is 0 Å². The van der Waals surface area contributed by atoms with Gasteiger partial charge >= 0.3 is 0 Å². The zero-order valence-corrected chi connectivity index (χ0v) is 11.7. The van der Waals surface area contributed by atoms with Gasteiger partial charge in [-0.25, -0.2) is 4.39 Å². The fourth-order valence-electron chi connectivity index (χ4n) is 2.66. The van der Waals surface area contributed by atoms with Gasteiger partial charge in [-0.15, -0.1) is 0 Å². The maximum atomic E-state index is 13.3. The number of halogens is 1. The summed E-state index contributed by atoms with van der Waals surface area (Å²) < 4.78 is 13.3. The van der Waals surface area contributed by atoms with Gasteiger partial charge in [0, 0.05) is 30.9 Å². The van der Waals surface area contributed by atoms with Crippen LogP contribution in [0.25, 0.3) is 0 Å². The molecule has 4 heteroatoms. The van der Waals surface area contributed by atoms with Gasteiger partial charge in [0.1, 0.15) is 5.82 Å². The Labute approximate surface area is 114 Å². The Morgan fingerprint density at radius 3 is 2.89 bits per heavy atom. The van der Waals surface area contributed by atoms with Crippen LogP contribution in [-0.4, -0.2) is 36.9 Å². The molecule has 0 saturated carbocycles. The number of rotatable bonds is 6. The molecule has 3 nitrogen and oxygen atoms in total. The summed E-state index contributed by atoms with van der Waals surface area (Å²) in [6, 6.07) is 5.49. The number of nitrogens with one attached hydrogen (secondary N) is 1. The molecular formula is C15H23FN2O. The van der Waals surface area contributed by atoms with E-state index in [9.17, 15) is 9.50 Å². The van der Waals surface area contributed by atoms with Gasteiger partial charge in [-0.2, -0.15) is 0 Å². The van der Waals surface area contributed by atoms with Crippen LogP contribution in [0.5, 0.6) is 0 Å². The molecule has 2 rings (SSSR count). The number of benzene rings is 1. The van der Waals surface area contributed by atoms with Gasteiger partial charge in [0.2, 0.25) is 0 Å². The molecule has 1 aromatic carbocycles. The highest BCUT2D eigenvalue weighted by Crippen LogP contribution is 2.28. The lowest BCUT2D eigenvalue weighted by atomic mass is 10.1. The average molecular weight is 266 g/mol. The highest BCUT2D eigenvalue weighted by molar-refractivity contribution is 5.58. The summed E-state index contributed by atoms with van der Waals surface area (Å²) in [5.74, 6) is -0.176. The average Bonchev–Trinajstić information content (AvgIpc) is 2.76. The highest BCUT2D eigenvalue weighted by atomic mass is 19.1. The van der Waals surface area contributed by atoms with Crippen LogP contribution in [0.3, 0.4) is 0 Å². The quantitative estimate of drug-likeness (QED) is 0.826. The first kappa shape index (κ1) is 14.3. The Morgan fingerprint density at radius 2 is 2.21 bits per heavy atom. The van der Waals surface area contributed by atoms with Crippen molar-refractivity contribution < 1.29 is 9.50 Å². The van der Waals surface area contributed by atoms with Crippen molar-refractivity contribution >= 4 is 5.69 Å². The highest BCUT2D eigenvalue weighted by Gasteiger charge is 2.20. The van der Waals surface area contributed by atoms with Crippen molar-refractivity contribution in [3.05, 3.63) is 29.6 Å². The summed E-state index contributed by atoms with van der Waals surface area (Å²) in [5, 5.41) is 12.7. The molecule has 0 bridgehead atoms. The summed E-state index contributed by atoms with van der Waals surface area (Å²) >= 11 is 0. The molecule has 0 saturated heterocycles. The number of aliphatic hydroxyl groups excluding tert-OH is 1. The molecular weight excluding hydrogens is 243 g/mol. The van der Waals surface area contributed by atoms with E-state index < -0.39 is 0 Å². The van der Waals surface area contributed by atoms with Crippen molar-refractivity contribution in [2.75, 3.05) is 24.6 Å². The fraction of sp³-hybridized carbons (Fsp3) is 0.600. The van der Waals surface area contributed by atoms with Crippen LogP contribution in [0.2, 0.25) is 0 Å². The lowest BCUT2D eigenvalue weighted by Gasteiger charge is -2.24. The van der Waals surface area contributed by atoms with Crippen LogP contribution >= 0.6 is 0 Å². The number of aliphatic hydroxyl groups is 1. The second-order valence-corrected chi connectivity index (χ2v) is 5.50. The van der Waals surface area contributed by atoms with Gasteiger partial charge in [-0.3, -0.25) is 0 Å². The van der Waals surface area contributed by atoms with Crippen molar-refractivity contribution in [3.8, 4) is 0 Å². The fourth-order valence-corrected chi connectivity index (χ4v) is 2.66. The predicted molar refractivity (Wildman–Crippen MR) is 76.1 cm³/mol. The van der Waals surface area contributed by atoms with Crippen molar-refractivity contribution in [1.29, 1.82) is 0 Å². The number of nitrogens with zero attached hydrogens (tertiary/aromatic N) is 1. The summed E-state index contributed by atoms with van der Waals surface area (Å²) in [7, 11) is 0. The molecule has 1 aromatic rings. The molecule has 2 N–H and O–H groups in total. The number of fused-ring (bicyclic) bond motifs is 1. The lowest BCUT2D eigenvalue weighted by Crippen LogP contribution is -2.40. The third kappa shape index (κ3) is 3.67. The minimum atomic E-state index is -0.176. The Bertz CT molecular complexity index is 423. The zero-order valence-electron chi connectivity index (χ0n) is 11.7. The minimum absolute atomic E-state index is 0.109. The normalized spacial score (nSPS) is 15.9. The molecule has 1 aliphatic heterocycles. The molecule has 19 heavy (non-hydrogen) atoms.